The highest BCUT2D eigenvalue weighted by Gasteiger charge is 2.22. The maximum Gasteiger partial charge on any atom is 0.322 e. The van der Waals surface area contributed by atoms with Crippen LogP contribution in [-0.4, -0.2) is 33.8 Å². The van der Waals surface area contributed by atoms with E-state index in [1.165, 1.54) is 5.56 Å². The number of likely N-dealkylation sites (tertiary alicyclic amines) is 1. The van der Waals surface area contributed by atoms with Crippen molar-refractivity contribution in [1.82, 2.24) is 14.7 Å². The Labute approximate surface area is 137 Å². The van der Waals surface area contributed by atoms with Crippen molar-refractivity contribution < 1.29 is 4.79 Å². The first-order valence-corrected chi connectivity index (χ1v) is 8.25. The average Bonchev–Trinajstić information content (AvgIpc) is 2.76. The van der Waals surface area contributed by atoms with Gasteiger partial charge in [0.25, 0.3) is 0 Å². The van der Waals surface area contributed by atoms with E-state index in [0.717, 1.165) is 43.9 Å². The van der Waals surface area contributed by atoms with Crippen LogP contribution in [0.15, 0.2) is 36.4 Å². The highest BCUT2D eigenvalue weighted by atomic mass is 16.2. The average molecular weight is 312 g/mol. The Morgan fingerprint density at radius 3 is 2.70 bits per heavy atom. The molecule has 23 heavy (non-hydrogen) atoms. The number of benzene rings is 1. The molecule has 122 valence electrons. The molecule has 1 aliphatic heterocycles. The van der Waals surface area contributed by atoms with E-state index in [-0.39, 0.29) is 6.03 Å². The lowest BCUT2D eigenvalue weighted by Crippen LogP contribution is -2.36. The molecule has 0 spiro atoms. The molecule has 1 fully saturated rings. The van der Waals surface area contributed by atoms with E-state index in [9.17, 15) is 4.79 Å². The molecule has 5 heteroatoms. The molecule has 3 rings (SSSR count). The predicted molar refractivity (Wildman–Crippen MR) is 91.6 cm³/mol. The molecule has 0 unspecified atom stereocenters. The van der Waals surface area contributed by atoms with E-state index in [2.05, 4.69) is 40.7 Å². The standard InChI is InChI=1S/C18H24N4O/c1-14-13-17(21(2)20-14)19-18(23)22-11-6-9-16(10-12-22)15-7-4-3-5-8-15/h3-5,7-8,13,16H,6,9-12H2,1-2H3,(H,19,23)/t16-/m1/s1. The largest absolute Gasteiger partial charge is 0.324 e. The van der Waals surface area contributed by atoms with Crippen LogP contribution in [-0.2, 0) is 7.05 Å². The molecule has 0 bridgehead atoms. The maximum atomic E-state index is 12.5. The minimum atomic E-state index is -0.0262. The molecule has 0 radical (unpaired) electrons. The monoisotopic (exact) mass is 312 g/mol. The van der Waals surface area contributed by atoms with Crippen molar-refractivity contribution in [2.45, 2.75) is 32.1 Å². The number of rotatable bonds is 2. The smallest absolute Gasteiger partial charge is 0.322 e. The molecule has 2 aromatic rings. The fourth-order valence-electron chi connectivity index (χ4n) is 3.27. The number of carbonyl (C=O) groups is 1. The van der Waals surface area contributed by atoms with Crippen LogP contribution in [0.3, 0.4) is 0 Å². The number of nitrogens with one attached hydrogen (secondary N) is 1. The van der Waals surface area contributed by atoms with E-state index in [4.69, 9.17) is 0 Å². The van der Waals surface area contributed by atoms with Gasteiger partial charge in [0.05, 0.1) is 5.69 Å². The van der Waals surface area contributed by atoms with Crippen molar-refractivity contribution in [3.8, 4) is 0 Å². The molecule has 2 heterocycles. The van der Waals surface area contributed by atoms with Crippen molar-refractivity contribution in [1.29, 1.82) is 0 Å². The van der Waals surface area contributed by atoms with Gasteiger partial charge in [0.1, 0.15) is 5.82 Å². The van der Waals surface area contributed by atoms with Crippen molar-refractivity contribution >= 4 is 11.8 Å². The van der Waals surface area contributed by atoms with E-state index in [0.29, 0.717) is 5.92 Å². The molecule has 1 aliphatic rings. The number of carbonyl (C=O) groups excluding carboxylic acids is 1. The Morgan fingerprint density at radius 1 is 1.22 bits per heavy atom. The third-order valence-corrected chi connectivity index (χ3v) is 4.52. The summed E-state index contributed by atoms with van der Waals surface area (Å²) in [5, 5.41) is 7.23. The third-order valence-electron chi connectivity index (χ3n) is 4.52. The topological polar surface area (TPSA) is 50.2 Å². The molecular formula is C18H24N4O. The van der Waals surface area contributed by atoms with Crippen LogP contribution >= 0.6 is 0 Å². The van der Waals surface area contributed by atoms with Crippen molar-refractivity contribution in [2.24, 2.45) is 7.05 Å². The predicted octanol–water partition coefficient (Wildman–Crippen LogP) is 3.53. The molecular weight excluding hydrogens is 288 g/mol. The van der Waals surface area contributed by atoms with Crippen molar-refractivity contribution in [2.75, 3.05) is 18.4 Å². The fourth-order valence-corrected chi connectivity index (χ4v) is 3.27. The molecule has 1 atom stereocenters. The lowest BCUT2D eigenvalue weighted by Gasteiger charge is -2.21. The summed E-state index contributed by atoms with van der Waals surface area (Å²) >= 11 is 0. The van der Waals surface area contributed by atoms with E-state index >= 15 is 0 Å². The van der Waals surface area contributed by atoms with Gasteiger partial charge in [-0.2, -0.15) is 5.10 Å². The van der Waals surface area contributed by atoms with Gasteiger partial charge < -0.3 is 4.90 Å². The molecule has 1 aromatic carbocycles. The van der Waals surface area contributed by atoms with Gasteiger partial charge in [-0.3, -0.25) is 10.00 Å². The van der Waals surface area contributed by atoms with Crippen LogP contribution in [0.25, 0.3) is 0 Å². The second kappa shape index (κ2) is 6.86. The minimum absolute atomic E-state index is 0.0262. The van der Waals surface area contributed by atoms with Gasteiger partial charge in [0, 0.05) is 26.2 Å². The van der Waals surface area contributed by atoms with Crippen LogP contribution in [0, 0.1) is 6.92 Å². The van der Waals surface area contributed by atoms with Gasteiger partial charge in [-0.1, -0.05) is 30.3 Å². The number of aromatic nitrogens is 2. The van der Waals surface area contributed by atoms with Gasteiger partial charge in [0.2, 0.25) is 0 Å². The Kier molecular flexibility index (Phi) is 4.65. The normalized spacial score (nSPS) is 18.5. The number of anilines is 1. The zero-order valence-corrected chi connectivity index (χ0v) is 13.8. The van der Waals surface area contributed by atoms with E-state index < -0.39 is 0 Å². The summed E-state index contributed by atoms with van der Waals surface area (Å²) in [5.41, 5.74) is 2.29. The summed E-state index contributed by atoms with van der Waals surface area (Å²) in [5.74, 6) is 1.30. The molecule has 0 aliphatic carbocycles. The number of amides is 2. The summed E-state index contributed by atoms with van der Waals surface area (Å²) in [6.45, 7) is 3.53. The Balaban J connectivity index is 1.61. The van der Waals surface area contributed by atoms with Crippen LogP contribution in [0.4, 0.5) is 10.6 Å². The first-order valence-electron chi connectivity index (χ1n) is 8.25. The molecule has 1 aromatic heterocycles. The number of hydrogen-bond donors (Lipinski definition) is 1. The zero-order chi connectivity index (χ0) is 16.2. The summed E-state index contributed by atoms with van der Waals surface area (Å²) in [6.07, 6.45) is 3.19. The van der Waals surface area contributed by atoms with E-state index in [1.807, 2.05) is 24.9 Å². The molecule has 1 N–H and O–H groups in total. The van der Waals surface area contributed by atoms with Gasteiger partial charge in [0.15, 0.2) is 0 Å². The Hall–Kier alpha value is -2.30. The number of hydrogen-bond acceptors (Lipinski definition) is 2. The van der Waals surface area contributed by atoms with Crippen molar-refractivity contribution in [3.05, 3.63) is 47.7 Å². The summed E-state index contributed by atoms with van der Waals surface area (Å²) in [4.78, 5) is 14.4. The van der Waals surface area contributed by atoms with Crippen LogP contribution < -0.4 is 5.32 Å². The van der Waals surface area contributed by atoms with E-state index in [1.54, 1.807) is 4.68 Å². The first-order chi connectivity index (χ1) is 11.1. The van der Waals surface area contributed by atoms with Crippen LogP contribution in [0.2, 0.25) is 0 Å². The molecule has 1 saturated heterocycles. The SMILES string of the molecule is Cc1cc(NC(=O)N2CCC[C@@H](c3ccccc3)CC2)n(C)n1. The van der Waals surface area contributed by atoms with Gasteiger partial charge in [-0.25, -0.2) is 4.79 Å². The van der Waals surface area contributed by atoms with Crippen LogP contribution in [0.5, 0.6) is 0 Å². The Morgan fingerprint density at radius 2 is 2.00 bits per heavy atom. The minimum Gasteiger partial charge on any atom is -0.324 e. The summed E-state index contributed by atoms with van der Waals surface area (Å²) < 4.78 is 1.71. The lowest BCUT2D eigenvalue weighted by molar-refractivity contribution is 0.213. The van der Waals surface area contributed by atoms with Crippen LogP contribution in [0.1, 0.15) is 36.4 Å². The second-order valence-electron chi connectivity index (χ2n) is 6.25. The maximum absolute atomic E-state index is 12.5. The number of nitrogens with zero attached hydrogens (tertiary/aromatic N) is 3. The second-order valence-corrected chi connectivity index (χ2v) is 6.25. The van der Waals surface area contributed by atoms with Gasteiger partial charge in [-0.05, 0) is 37.7 Å². The Bertz CT molecular complexity index is 665. The number of urea groups is 1. The number of aryl methyl sites for hydroxylation is 2. The van der Waals surface area contributed by atoms with Gasteiger partial charge in [-0.15, -0.1) is 0 Å². The highest BCUT2D eigenvalue weighted by molar-refractivity contribution is 5.88. The van der Waals surface area contributed by atoms with Gasteiger partial charge >= 0.3 is 6.03 Å². The first kappa shape index (κ1) is 15.6. The van der Waals surface area contributed by atoms with Crippen molar-refractivity contribution in [3.63, 3.8) is 0 Å². The lowest BCUT2D eigenvalue weighted by atomic mass is 9.92. The summed E-state index contributed by atoms with van der Waals surface area (Å²) in [7, 11) is 1.84. The zero-order valence-electron chi connectivity index (χ0n) is 13.8. The third kappa shape index (κ3) is 3.73. The molecule has 0 saturated carbocycles. The molecule has 5 nitrogen and oxygen atoms in total. The fraction of sp³-hybridized carbons (Fsp3) is 0.444. The summed E-state index contributed by atoms with van der Waals surface area (Å²) in [6, 6.07) is 12.5. The highest BCUT2D eigenvalue weighted by Crippen LogP contribution is 2.28. The quantitative estimate of drug-likeness (QED) is 0.922. The molecule has 2 amide bonds.